The monoisotopic (exact) mass is 315 g/mol. The van der Waals surface area contributed by atoms with Gasteiger partial charge in [0.25, 0.3) is 12.0 Å². The zero-order chi connectivity index (χ0) is 16.4. The van der Waals surface area contributed by atoms with Crippen LogP contribution in [-0.2, 0) is 6.67 Å². The molecule has 0 spiro atoms. The maximum Gasteiger partial charge on any atom is 0.322 e. The lowest BCUT2D eigenvalue weighted by atomic mass is 10.2. The Morgan fingerprint density at radius 1 is 1.17 bits per heavy atom. The summed E-state index contributed by atoms with van der Waals surface area (Å²) in [7, 11) is 0. The largest absolute Gasteiger partial charge is 0.322 e. The Morgan fingerprint density at radius 3 is 2.65 bits per heavy atom. The highest BCUT2D eigenvalue weighted by Crippen LogP contribution is 2.27. The average Bonchev–Trinajstić information content (AvgIpc) is 3.19. The quantitative estimate of drug-likeness (QED) is 0.400. The Balaban J connectivity index is 1.96. The van der Waals surface area contributed by atoms with E-state index >= 15 is 0 Å². The molecule has 0 aliphatic carbocycles. The van der Waals surface area contributed by atoms with Crippen molar-refractivity contribution < 1.29 is 14.4 Å². The van der Waals surface area contributed by atoms with Gasteiger partial charge in [0.05, 0.1) is 22.2 Å². The molecular weight excluding hydrogens is 304 g/mol. The van der Waals surface area contributed by atoms with Crippen molar-refractivity contribution >= 4 is 11.4 Å². The third-order valence-corrected chi connectivity index (χ3v) is 3.22. The molecule has 3 aromatic rings. The fraction of sp³-hybridized carbons (Fsp3) is 0.0769. The number of non-ortho nitro benzene ring substituents is 1. The first kappa shape index (κ1) is 14.4. The van der Waals surface area contributed by atoms with Crippen LogP contribution in [0.4, 0.5) is 11.4 Å². The number of nitro groups is 2. The maximum absolute atomic E-state index is 11.2. The minimum Gasteiger partial charge on any atom is -0.300 e. The number of hydrogen-bond donors (Lipinski definition) is 0. The molecule has 2 aromatic heterocycles. The van der Waals surface area contributed by atoms with Gasteiger partial charge in [0, 0.05) is 18.5 Å². The van der Waals surface area contributed by atoms with Crippen molar-refractivity contribution in [3.05, 3.63) is 75.9 Å². The predicted octanol–water partition coefficient (Wildman–Crippen LogP) is 1.28. The van der Waals surface area contributed by atoms with E-state index in [-0.39, 0.29) is 17.1 Å². The fourth-order valence-corrected chi connectivity index (χ4v) is 2.17. The van der Waals surface area contributed by atoms with Gasteiger partial charge in [-0.1, -0.05) is 0 Å². The van der Waals surface area contributed by atoms with Gasteiger partial charge in [-0.3, -0.25) is 20.2 Å². The Hall–Kier alpha value is -3.56. The van der Waals surface area contributed by atoms with E-state index in [1.54, 1.807) is 46.6 Å². The summed E-state index contributed by atoms with van der Waals surface area (Å²) >= 11 is 0. The summed E-state index contributed by atoms with van der Waals surface area (Å²) in [4.78, 5) is 24.6. The molecule has 0 radical (unpaired) electrons. The van der Waals surface area contributed by atoms with E-state index in [1.807, 2.05) is 4.57 Å². The van der Waals surface area contributed by atoms with Crippen LogP contribution in [0.1, 0.15) is 0 Å². The minimum absolute atomic E-state index is 0.255. The van der Waals surface area contributed by atoms with Gasteiger partial charge in [0.2, 0.25) is 5.69 Å². The maximum atomic E-state index is 11.2. The second kappa shape index (κ2) is 5.67. The van der Waals surface area contributed by atoms with Crippen molar-refractivity contribution in [1.29, 1.82) is 0 Å². The molecule has 23 heavy (non-hydrogen) atoms. The zero-order valence-electron chi connectivity index (χ0n) is 11.7. The van der Waals surface area contributed by atoms with Crippen molar-refractivity contribution in [3.8, 4) is 5.69 Å². The van der Waals surface area contributed by atoms with Crippen molar-refractivity contribution in [2.45, 2.75) is 6.67 Å². The topological polar surface area (TPSA) is 113 Å². The van der Waals surface area contributed by atoms with Gasteiger partial charge in [-0.05, 0) is 6.07 Å². The summed E-state index contributed by atoms with van der Waals surface area (Å²) < 4.78 is 5.17. The highest BCUT2D eigenvalue weighted by atomic mass is 16.6. The molecule has 0 saturated carbocycles. The summed E-state index contributed by atoms with van der Waals surface area (Å²) in [6.45, 7) is 0.494. The Morgan fingerprint density at radius 2 is 2.00 bits per heavy atom. The molecule has 0 aliphatic heterocycles. The molecule has 0 saturated heterocycles. The molecule has 0 aliphatic rings. The first-order valence-electron chi connectivity index (χ1n) is 6.50. The van der Waals surface area contributed by atoms with Gasteiger partial charge in [-0.15, -0.1) is 0 Å². The van der Waals surface area contributed by atoms with Gasteiger partial charge < -0.3 is 4.57 Å². The second-order valence-electron chi connectivity index (χ2n) is 4.74. The van der Waals surface area contributed by atoms with E-state index < -0.39 is 9.85 Å². The first-order valence-corrected chi connectivity index (χ1v) is 6.50. The lowest BCUT2D eigenvalue weighted by Gasteiger charge is -1.99. The first-order chi connectivity index (χ1) is 11.0. The van der Waals surface area contributed by atoms with Crippen LogP contribution in [0.25, 0.3) is 5.69 Å². The molecule has 0 bridgehead atoms. The van der Waals surface area contributed by atoms with Gasteiger partial charge in [0.15, 0.2) is 6.67 Å². The van der Waals surface area contributed by atoms with E-state index in [1.165, 1.54) is 12.1 Å². The van der Waals surface area contributed by atoms with Gasteiger partial charge in [-0.25, -0.2) is 9.55 Å². The van der Waals surface area contributed by atoms with Gasteiger partial charge >= 0.3 is 5.69 Å². The molecule has 0 amide bonds. The standard InChI is InChI=1S/C13H11N6O4/c20-18(21)11-1-2-12(13(7-11)19(22)23)17-6-5-16(10-17)9-15-4-3-14-8-15/h1-8,10H,9H2/q+1. The van der Waals surface area contributed by atoms with Crippen LogP contribution in [-0.4, -0.2) is 24.0 Å². The smallest absolute Gasteiger partial charge is 0.300 e. The van der Waals surface area contributed by atoms with E-state index in [0.29, 0.717) is 6.67 Å². The Labute approximate surface area is 129 Å². The lowest BCUT2D eigenvalue weighted by Crippen LogP contribution is -2.34. The lowest BCUT2D eigenvalue weighted by molar-refractivity contribution is -0.700. The fourth-order valence-electron chi connectivity index (χ4n) is 2.17. The molecule has 0 fully saturated rings. The van der Waals surface area contributed by atoms with E-state index in [2.05, 4.69) is 4.98 Å². The molecule has 1 aromatic carbocycles. The number of rotatable bonds is 5. The third kappa shape index (κ3) is 2.90. The van der Waals surface area contributed by atoms with Crippen LogP contribution in [0.5, 0.6) is 0 Å². The molecule has 3 rings (SSSR count). The summed E-state index contributed by atoms with van der Waals surface area (Å²) in [5, 5.41) is 22.0. The average molecular weight is 315 g/mol. The van der Waals surface area contributed by atoms with E-state index in [0.717, 1.165) is 6.07 Å². The highest BCUT2D eigenvalue weighted by molar-refractivity contribution is 5.57. The summed E-state index contributed by atoms with van der Waals surface area (Å²) in [5.74, 6) is 0. The number of hydrogen-bond acceptors (Lipinski definition) is 5. The molecule has 116 valence electrons. The third-order valence-electron chi connectivity index (χ3n) is 3.22. The summed E-state index contributed by atoms with van der Waals surface area (Å²) in [6.07, 6.45) is 10.1. The zero-order valence-corrected chi connectivity index (χ0v) is 11.7. The molecule has 2 heterocycles. The number of benzene rings is 1. The number of aromatic nitrogens is 4. The van der Waals surface area contributed by atoms with Gasteiger partial charge in [-0.2, -0.15) is 4.57 Å². The van der Waals surface area contributed by atoms with Crippen molar-refractivity contribution in [2.24, 2.45) is 0 Å². The number of imidazole rings is 2. The molecule has 0 N–H and O–H groups in total. The van der Waals surface area contributed by atoms with Crippen LogP contribution in [0.2, 0.25) is 0 Å². The number of nitro benzene ring substituents is 2. The Kier molecular flexibility index (Phi) is 3.55. The van der Waals surface area contributed by atoms with Crippen molar-refractivity contribution in [1.82, 2.24) is 14.1 Å². The van der Waals surface area contributed by atoms with Crippen molar-refractivity contribution in [2.75, 3.05) is 0 Å². The number of nitrogens with zero attached hydrogens (tertiary/aromatic N) is 6. The van der Waals surface area contributed by atoms with Gasteiger partial charge in [0.1, 0.15) is 12.4 Å². The summed E-state index contributed by atoms with van der Waals surface area (Å²) in [6, 6.07) is 3.55. The SMILES string of the molecule is O=[N+]([O-])c1ccc(-n2cc[n+](Cn3ccnc3)c2)c([N+](=O)[O-])c1. The van der Waals surface area contributed by atoms with Crippen LogP contribution in [0, 0.1) is 20.2 Å². The van der Waals surface area contributed by atoms with Crippen LogP contribution in [0.3, 0.4) is 0 Å². The predicted molar refractivity (Wildman–Crippen MR) is 76.9 cm³/mol. The van der Waals surface area contributed by atoms with Crippen LogP contribution < -0.4 is 4.57 Å². The van der Waals surface area contributed by atoms with Crippen LogP contribution in [0.15, 0.2) is 55.6 Å². The molecule has 10 nitrogen and oxygen atoms in total. The minimum atomic E-state index is -0.661. The molecule has 10 heteroatoms. The molecular formula is C13H11N6O4+. The van der Waals surface area contributed by atoms with Crippen LogP contribution >= 0.6 is 0 Å². The Bertz CT molecular complexity index is 870. The summed E-state index contributed by atoms with van der Waals surface area (Å²) in [5.41, 5.74) is -0.395. The normalized spacial score (nSPS) is 10.6. The highest BCUT2D eigenvalue weighted by Gasteiger charge is 2.24. The van der Waals surface area contributed by atoms with Crippen molar-refractivity contribution in [3.63, 3.8) is 0 Å². The van der Waals surface area contributed by atoms with E-state index in [9.17, 15) is 20.2 Å². The molecule has 0 unspecified atom stereocenters. The second-order valence-corrected chi connectivity index (χ2v) is 4.74. The van der Waals surface area contributed by atoms with E-state index in [4.69, 9.17) is 0 Å². The molecule has 0 atom stereocenters.